The third kappa shape index (κ3) is 5.43. The van der Waals surface area contributed by atoms with Gasteiger partial charge >= 0.3 is 0 Å². The molecule has 0 aromatic heterocycles. The summed E-state index contributed by atoms with van der Waals surface area (Å²) in [6.45, 7) is 4.82. The number of benzene rings is 1. The fourth-order valence-electron chi connectivity index (χ4n) is 1.88. The molecule has 0 bridgehead atoms. The Bertz CT molecular complexity index is 515. The first kappa shape index (κ1) is 16.2. The minimum Gasteiger partial charge on any atom is -0.384 e. The van der Waals surface area contributed by atoms with Gasteiger partial charge in [-0.15, -0.1) is 0 Å². The molecule has 0 saturated carbocycles. The predicted octanol–water partition coefficient (Wildman–Crippen LogP) is 1.92. The molecule has 0 spiro atoms. The highest BCUT2D eigenvalue weighted by Crippen LogP contribution is 2.17. The topological polar surface area (TPSA) is 64.3 Å². The van der Waals surface area contributed by atoms with E-state index in [1.165, 1.54) is 0 Å². The Balaban J connectivity index is 2.79. The van der Waals surface area contributed by atoms with Gasteiger partial charge in [-0.25, -0.2) is 0 Å². The van der Waals surface area contributed by atoms with Crippen molar-refractivity contribution in [3.63, 3.8) is 0 Å². The molecule has 3 N–H and O–H groups in total. The van der Waals surface area contributed by atoms with Crippen LogP contribution in [0.5, 0.6) is 0 Å². The number of carbonyl (C=O) groups excluding carboxylic acids is 1. The number of amides is 1. The number of aryl methyl sites for hydroxylation is 1. The summed E-state index contributed by atoms with van der Waals surface area (Å²) in [6.07, 6.45) is 0.422. The van der Waals surface area contributed by atoms with Crippen molar-refractivity contribution in [2.45, 2.75) is 20.3 Å². The van der Waals surface area contributed by atoms with Gasteiger partial charge in [-0.3, -0.25) is 4.79 Å². The Labute approximate surface area is 120 Å². The summed E-state index contributed by atoms with van der Waals surface area (Å²) in [4.78, 5) is 12.0. The highest BCUT2D eigenvalue weighted by Gasteiger charge is 2.10. The summed E-state index contributed by atoms with van der Waals surface area (Å²) in [7, 11) is 1.63. The monoisotopic (exact) mass is 274 g/mol. The third-order valence-corrected chi connectivity index (χ3v) is 2.76. The van der Waals surface area contributed by atoms with Gasteiger partial charge in [0.2, 0.25) is 5.91 Å². The number of hydrogen-bond acceptors (Lipinski definition) is 3. The fourth-order valence-corrected chi connectivity index (χ4v) is 1.88. The van der Waals surface area contributed by atoms with Crippen LogP contribution in [-0.4, -0.2) is 26.2 Å². The maximum absolute atomic E-state index is 12.0. The number of nitrogens with two attached hydrogens (primary N) is 1. The van der Waals surface area contributed by atoms with Crippen LogP contribution < -0.4 is 11.1 Å². The summed E-state index contributed by atoms with van der Waals surface area (Å²) >= 11 is 0. The first-order valence-corrected chi connectivity index (χ1v) is 6.65. The van der Waals surface area contributed by atoms with E-state index >= 15 is 0 Å². The summed E-state index contributed by atoms with van der Waals surface area (Å²) in [5.74, 6) is 5.93. The Morgan fingerprint density at radius 3 is 2.90 bits per heavy atom. The van der Waals surface area contributed by atoms with Gasteiger partial charge < -0.3 is 15.8 Å². The zero-order chi connectivity index (χ0) is 15.0. The van der Waals surface area contributed by atoms with Crippen molar-refractivity contribution in [3.8, 4) is 11.8 Å². The van der Waals surface area contributed by atoms with Gasteiger partial charge in [0, 0.05) is 25.7 Å². The Morgan fingerprint density at radius 2 is 2.25 bits per heavy atom. The second-order valence-electron chi connectivity index (χ2n) is 4.87. The van der Waals surface area contributed by atoms with Crippen LogP contribution in [0.2, 0.25) is 0 Å². The van der Waals surface area contributed by atoms with E-state index in [9.17, 15) is 4.79 Å². The summed E-state index contributed by atoms with van der Waals surface area (Å²) in [5.41, 5.74) is 7.98. The minimum atomic E-state index is -0.0315. The molecule has 0 radical (unpaired) electrons. The molecule has 0 aliphatic carbocycles. The second-order valence-corrected chi connectivity index (χ2v) is 4.87. The summed E-state index contributed by atoms with van der Waals surface area (Å²) in [6, 6.07) is 5.77. The summed E-state index contributed by atoms with van der Waals surface area (Å²) < 4.78 is 5.03. The van der Waals surface area contributed by atoms with Crippen molar-refractivity contribution in [3.05, 3.63) is 29.3 Å². The average Bonchev–Trinajstić information content (AvgIpc) is 2.37. The number of anilines is 1. The van der Waals surface area contributed by atoms with Crippen molar-refractivity contribution >= 4 is 11.6 Å². The minimum absolute atomic E-state index is 0.0315. The molecule has 0 aliphatic rings. The van der Waals surface area contributed by atoms with Crippen molar-refractivity contribution in [1.82, 2.24) is 0 Å². The van der Waals surface area contributed by atoms with E-state index in [4.69, 9.17) is 10.5 Å². The highest BCUT2D eigenvalue weighted by molar-refractivity contribution is 5.92. The number of rotatable bonds is 5. The zero-order valence-electron chi connectivity index (χ0n) is 12.3. The van der Waals surface area contributed by atoms with E-state index in [0.717, 1.165) is 16.8 Å². The van der Waals surface area contributed by atoms with Gasteiger partial charge in [0.15, 0.2) is 0 Å². The molecule has 0 fully saturated rings. The van der Waals surface area contributed by atoms with E-state index in [-0.39, 0.29) is 11.8 Å². The molecular formula is C16H22N2O2. The Morgan fingerprint density at radius 1 is 1.50 bits per heavy atom. The van der Waals surface area contributed by atoms with Crippen LogP contribution >= 0.6 is 0 Å². The van der Waals surface area contributed by atoms with Crippen molar-refractivity contribution in [2.75, 3.05) is 25.6 Å². The number of hydrogen-bond donors (Lipinski definition) is 2. The van der Waals surface area contributed by atoms with Crippen LogP contribution in [0.25, 0.3) is 0 Å². The predicted molar refractivity (Wildman–Crippen MR) is 81.4 cm³/mol. The first-order valence-electron chi connectivity index (χ1n) is 6.65. The molecule has 4 nitrogen and oxygen atoms in total. The Kier molecular flexibility index (Phi) is 6.78. The van der Waals surface area contributed by atoms with Gasteiger partial charge in [0.1, 0.15) is 0 Å². The quantitative estimate of drug-likeness (QED) is 0.806. The third-order valence-electron chi connectivity index (χ3n) is 2.76. The summed E-state index contributed by atoms with van der Waals surface area (Å²) in [5, 5.41) is 2.91. The number of ether oxygens (including phenoxy) is 1. The van der Waals surface area contributed by atoms with Crippen LogP contribution in [0.1, 0.15) is 24.5 Å². The molecule has 20 heavy (non-hydrogen) atoms. The molecule has 0 aliphatic heterocycles. The zero-order valence-corrected chi connectivity index (χ0v) is 12.3. The molecule has 1 amide bonds. The van der Waals surface area contributed by atoms with E-state index < -0.39 is 0 Å². The smallest absolute Gasteiger partial charge is 0.224 e. The van der Waals surface area contributed by atoms with Crippen molar-refractivity contribution < 1.29 is 9.53 Å². The molecule has 1 aromatic carbocycles. The second kappa shape index (κ2) is 8.36. The maximum Gasteiger partial charge on any atom is 0.224 e. The first-order chi connectivity index (χ1) is 9.56. The Hall–Kier alpha value is -1.83. The number of carbonyl (C=O) groups is 1. The van der Waals surface area contributed by atoms with Crippen LogP contribution in [0.3, 0.4) is 0 Å². The standard InChI is InChI=1S/C16H22N2O2/c1-12-6-7-14(5-4-8-17)15(9-12)18-16(19)10-13(2)11-20-3/h6-7,9,13H,8,10-11,17H2,1-3H3,(H,18,19). The SMILES string of the molecule is COCC(C)CC(=O)Nc1cc(C)ccc1C#CCN. The lowest BCUT2D eigenvalue weighted by atomic mass is 10.1. The van der Waals surface area contributed by atoms with Gasteiger partial charge in [0.05, 0.1) is 12.2 Å². The molecule has 0 heterocycles. The van der Waals surface area contributed by atoms with E-state index in [1.54, 1.807) is 7.11 Å². The molecule has 1 atom stereocenters. The van der Waals surface area contributed by atoms with Crippen LogP contribution in [-0.2, 0) is 9.53 Å². The van der Waals surface area contributed by atoms with E-state index in [2.05, 4.69) is 17.2 Å². The fraction of sp³-hybridized carbons (Fsp3) is 0.438. The lowest BCUT2D eigenvalue weighted by molar-refractivity contribution is -0.117. The molecule has 4 heteroatoms. The van der Waals surface area contributed by atoms with Gasteiger partial charge in [0.25, 0.3) is 0 Å². The van der Waals surface area contributed by atoms with Crippen LogP contribution in [0.4, 0.5) is 5.69 Å². The average molecular weight is 274 g/mol. The highest BCUT2D eigenvalue weighted by atomic mass is 16.5. The van der Waals surface area contributed by atoms with Crippen LogP contribution in [0, 0.1) is 24.7 Å². The molecule has 1 aromatic rings. The molecule has 1 rings (SSSR count). The van der Waals surface area contributed by atoms with Gasteiger partial charge in [-0.2, -0.15) is 0 Å². The normalized spacial score (nSPS) is 11.4. The lowest BCUT2D eigenvalue weighted by Crippen LogP contribution is -2.18. The molecule has 0 saturated heterocycles. The molecule has 108 valence electrons. The lowest BCUT2D eigenvalue weighted by Gasteiger charge is -2.12. The molecular weight excluding hydrogens is 252 g/mol. The van der Waals surface area contributed by atoms with Gasteiger partial charge in [-0.1, -0.05) is 24.8 Å². The van der Waals surface area contributed by atoms with E-state index in [0.29, 0.717) is 19.6 Å². The largest absolute Gasteiger partial charge is 0.384 e. The van der Waals surface area contributed by atoms with Crippen LogP contribution in [0.15, 0.2) is 18.2 Å². The number of nitrogens with one attached hydrogen (secondary N) is 1. The molecule has 1 unspecified atom stereocenters. The van der Waals surface area contributed by atoms with Gasteiger partial charge in [-0.05, 0) is 30.5 Å². The van der Waals surface area contributed by atoms with Crippen molar-refractivity contribution in [2.24, 2.45) is 11.7 Å². The number of methoxy groups -OCH3 is 1. The van der Waals surface area contributed by atoms with Crippen molar-refractivity contribution in [1.29, 1.82) is 0 Å². The van der Waals surface area contributed by atoms with E-state index in [1.807, 2.05) is 32.0 Å². The maximum atomic E-state index is 12.0.